The van der Waals surface area contributed by atoms with Crippen LogP contribution in [0.5, 0.6) is 0 Å². The second-order valence-corrected chi connectivity index (χ2v) is 13.0. The van der Waals surface area contributed by atoms with Crippen molar-refractivity contribution >= 4 is 97.8 Å². The molecule has 9 rings (SSSR count). The molecular weight excluding hydrogens is 608 g/mol. The molecule has 6 heteroatoms. The molecule has 0 aliphatic heterocycles. The van der Waals surface area contributed by atoms with E-state index in [0.29, 0.717) is 5.39 Å². The average molecular weight is 640 g/mol. The molecule has 0 spiro atoms. The van der Waals surface area contributed by atoms with Gasteiger partial charge in [-0.05, 0) is 47.9 Å². The van der Waals surface area contributed by atoms with Gasteiger partial charge in [0.05, 0.1) is 27.5 Å². The molecular formula is C38H31BrN4O. The molecule has 5 nitrogen and oxygen atoms in total. The number of unbranched alkanes of at least 4 members (excludes halogenated alkanes) is 2. The molecule has 0 aliphatic carbocycles. The summed E-state index contributed by atoms with van der Waals surface area (Å²) in [6.07, 6.45) is 6.62. The summed E-state index contributed by atoms with van der Waals surface area (Å²) in [5.41, 5.74) is 7.73. The van der Waals surface area contributed by atoms with Crippen LogP contribution in [0.2, 0.25) is 0 Å². The number of imidazole rings is 1. The molecule has 0 amide bonds. The molecule has 5 aromatic carbocycles. The van der Waals surface area contributed by atoms with E-state index in [1.165, 1.54) is 38.2 Å². The van der Waals surface area contributed by atoms with Crippen LogP contribution in [0.3, 0.4) is 0 Å². The number of hydrogen-bond acceptors (Lipinski definition) is 2. The number of pyridine rings is 1. The first kappa shape index (κ1) is 26.0. The Bertz CT molecular complexity index is 2680. The van der Waals surface area contributed by atoms with Crippen LogP contribution < -0.4 is 5.43 Å². The van der Waals surface area contributed by atoms with Crippen LogP contribution in [0.4, 0.5) is 0 Å². The number of halogens is 1. The predicted octanol–water partition coefficient (Wildman–Crippen LogP) is 10.2. The summed E-state index contributed by atoms with van der Waals surface area (Å²) >= 11 is 3.96. The van der Waals surface area contributed by atoms with E-state index in [1.54, 1.807) is 6.07 Å². The lowest BCUT2D eigenvalue weighted by Gasteiger charge is -2.12. The third kappa shape index (κ3) is 3.29. The van der Waals surface area contributed by atoms with Crippen molar-refractivity contribution in [1.29, 1.82) is 0 Å². The molecule has 0 bridgehead atoms. The summed E-state index contributed by atoms with van der Waals surface area (Å²) in [6, 6.07) is 25.3. The van der Waals surface area contributed by atoms with E-state index in [-0.39, 0.29) is 5.43 Å². The van der Waals surface area contributed by atoms with Gasteiger partial charge in [-0.25, -0.2) is 4.98 Å². The maximum absolute atomic E-state index is 13.7. The number of aryl methyl sites for hydroxylation is 2. The van der Waals surface area contributed by atoms with Crippen LogP contribution in [0, 0.1) is 0 Å². The maximum atomic E-state index is 13.7. The van der Waals surface area contributed by atoms with Gasteiger partial charge < -0.3 is 9.13 Å². The van der Waals surface area contributed by atoms with Crippen molar-refractivity contribution in [2.45, 2.75) is 52.6 Å². The normalized spacial score (nSPS) is 12.6. The summed E-state index contributed by atoms with van der Waals surface area (Å²) in [7, 11) is 0. The van der Waals surface area contributed by atoms with Crippen LogP contribution in [0.25, 0.3) is 81.8 Å². The molecule has 0 saturated carbocycles. The SMILES string of the molecule is CCCCn1c2ccccc2c2c1c1c(c3nc4c5c(=O)ccc6cccc(cn4c32)c65)c2c(Br)cccc2n1CCCC. The Kier molecular flexibility index (Phi) is 5.64. The standard InChI is InChI=1S/C38H31BrN4O/c1-3-5-19-41-26-15-8-7-13-24(26)30-35-34(33-31-25(39)14-10-16-27(31)42(20-6-4-2)37(33)36(30)41)40-38-32-28(44)18-17-22-11-9-12-23(29(22)32)21-43(35)38/h7-18,21H,3-6,19-20H2,1-2H3. The van der Waals surface area contributed by atoms with E-state index in [0.717, 1.165) is 81.5 Å². The number of hydrogen-bond donors (Lipinski definition) is 0. The van der Waals surface area contributed by atoms with Gasteiger partial charge in [0.25, 0.3) is 0 Å². The second-order valence-electron chi connectivity index (χ2n) is 12.1. The topological polar surface area (TPSA) is 44.2 Å². The molecule has 44 heavy (non-hydrogen) atoms. The Morgan fingerprint density at radius 3 is 2.18 bits per heavy atom. The fourth-order valence-corrected chi connectivity index (χ4v) is 8.28. The lowest BCUT2D eigenvalue weighted by molar-refractivity contribution is 0.655. The zero-order valence-corrected chi connectivity index (χ0v) is 26.4. The third-order valence-electron chi connectivity index (χ3n) is 9.62. The van der Waals surface area contributed by atoms with Crippen molar-refractivity contribution in [3.63, 3.8) is 0 Å². The van der Waals surface area contributed by atoms with E-state index < -0.39 is 0 Å². The molecule has 0 fully saturated rings. The number of para-hydroxylation sites is 1. The molecule has 9 aromatic rings. The molecule has 0 atom stereocenters. The first-order chi connectivity index (χ1) is 21.6. The molecule has 0 aliphatic rings. The molecule has 0 saturated heterocycles. The van der Waals surface area contributed by atoms with Crippen molar-refractivity contribution in [3.05, 3.63) is 93.7 Å². The number of fused-ring (bicyclic) bond motifs is 13. The molecule has 0 unspecified atom stereocenters. The Balaban J connectivity index is 1.66. The quantitative estimate of drug-likeness (QED) is 0.182. The van der Waals surface area contributed by atoms with Gasteiger partial charge in [-0.2, -0.15) is 0 Å². The number of nitrogens with zero attached hydrogens (tertiary/aromatic N) is 4. The predicted molar refractivity (Wildman–Crippen MR) is 189 cm³/mol. The van der Waals surface area contributed by atoms with E-state index in [2.05, 4.69) is 110 Å². The zero-order valence-electron chi connectivity index (χ0n) is 24.8. The largest absolute Gasteiger partial charge is 0.339 e. The highest BCUT2D eigenvalue weighted by atomic mass is 79.9. The lowest BCUT2D eigenvalue weighted by atomic mass is 10.0. The van der Waals surface area contributed by atoms with Crippen molar-refractivity contribution in [2.24, 2.45) is 0 Å². The van der Waals surface area contributed by atoms with Gasteiger partial charge in [0, 0.05) is 56.2 Å². The smallest absolute Gasteiger partial charge is 0.190 e. The van der Waals surface area contributed by atoms with Crippen LogP contribution >= 0.6 is 15.9 Å². The van der Waals surface area contributed by atoms with E-state index in [1.807, 2.05) is 6.07 Å². The van der Waals surface area contributed by atoms with Crippen LogP contribution in [-0.2, 0) is 13.1 Å². The molecule has 4 aromatic heterocycles. The molecule has 216 valence electrons. The van der Waals surface area contributed by atoms with E-state index in [9.17, 15) is 4.79 Å². The van der Waals surface area contributed by atoms with Crippen LogP contribution in [-0.4, -0.2) is 18.5 Å². The van der Waals surface area contributed by atoms with Crippen LogP contribution in [0.1, 0.15) is 39.5 Å². The average Bonchev–Trinajstić information content (AvgIpc) is 3.68. The summed E-state index contributed by atoms with van der Waals surface area (Å²) < 4.78 is 8.38. The second kappa shape index (κ2) is 9.54. The summed E-state index contributed by atoms with van der Waals surface area (Å²) in [6.45, 7) is 6.39. The number of benzene rings is 5. The first-order valence-corrected chi connectivity index (χ1v) is 16.5. The van der Waals surface area contributed by atoms with Crippen molar-refractivity contribution in [2.75, 3.05) is 0 Å². The highest BCUT2D eigenvalue weighted by molar-refractivity contribution is 9.10. The van der Waals surface area contributed by atoms with Crippen molar-refractivity contribution < 1.29 is 0 Å². The highest BCUT2D eigenvalue weighted by Gasteiger charge is 2.27. The maximum Gasteiger partial charge on any atom is 0.190 e. The monoisotopic (exact) mass is 638 g/mol. The summed E-state index contributed by atoms with van der Waals surface area (Å²) in [5, 5.41) is 8.59. The minimum absolute atomic E-state index is 0.0130. The fourth-order valence-electron chi connectivity index (χ4n) is 7.73. The van der Waals surface area contributed by atoms with E-state index >= 15 is 0 Å². The zero-order chi connectivity index (χ0) is 29.7. The van der Waals surface area contributed by atoms with Gasteiger partial charge in [-0.3, -0.25) is 9.20 Å². The van der Waals surface area contributed by atoms with Gasteiger partial charge in [-0.1, -0.05) is 91.1 Å². The van der Waals surface area contributed by atoms with Crippen molar-refractivity contribution in [3.8, 4) is 0 Å². The Morgan fingerprint density at radius 1 is 0.659 bits per heavy atom. The van der Waals surface area contributed by atoms with Crippen LogP contribution in [0.15, 0.2) is 88.3 Å². The van der Waals surface area contributed by atoms with Gasteiger partial charge in [0.15, 0.2) is 5.43 Å². The van der Waals surface area contributed by atoms with Gasteiger partial charge in [0.2, 0.25) is 0 Å². The summed E-state index contributed by atoms with van der Waals surface area (Å²) in [5.74, 6) is 0. The van der Waals surface area contributed by atoms with Gasteiger partial charge in [0.1, 0.15) is 11.2 Å². The Morgan fingerprint density at radius 2 is 1.36 bits per heavy atom. The minimum atomic E-state index is 0.0130. The Hall–Kier alpha value is -4.42. The lowest BCUT2D eigenvalue weighted by Crippen LogP contribution is -2.03. The Labute approximate surface area is 261 Å². The fraction of sp³-hybridized carbons (Fsp3) is 0.211. The molecule has 0 radical (unpaired) electrons. The first-order valence-electron chi connectivity index (χ1n) is 15.8. The number of rotatable bonds is 6. The number of aromatic nitrogens is 4. The van der Waals surface area contributed by atoms with Crippen molar-refractivity contribution in [1.82, 2.24) is 18.5 Å². The third-order valence-corrected chi connectivity index (χ3v) is 10.3. The highest BCUT2D eigenvalue weighted by Crippen LogP contribution is 2.47. The van der Waals surface area contributed by atoms with Gasteiger partial charge in [-0.15, -0.1) is 0 Å². The van der Waals surface area contributed by atoms with Gasteiger partial charge >= 0.3 is 0 Å². The minimum Gasteiger partial charge on any atom is -0.339 e. The molecule has 4 heterocycles. The van der Waals surface area contributed by atoms with E-state index in [4.69, 9.17) is 4.98 Å². The molecule has 0 N–H and O–H groups in total. The summed E-state index contributed by atoms with van der Waals surface area (Å²) in [4.78, 5) is 19.1.